The summed E-state index contributed by atoms with van der Waals surface area (Å²) in [4.78, 5) is 27.9. The molecule has 2 amide bonds. The Labute approximate surface area is 201 Å². The Morgan fingerprint density at radius 2 is 1.50 bits per heavy atom. The number of hydrogen-bond donors (Lipinski definition) is 1. The van der Waals surface area contributed by atoms with E-state index in [1.165, 1.54) is 4.90 Å². The van der Waals surface area contributed by atoms with Crippen LogP contribution in [-0.2, 0) is 14.3 Å². The fourth-order valence-corrected chi connectivity index (χ4v) is 3.56. The number of carbonyl (C=O) groups excluding carboxylic acids is 2. The van der Waals surface area contributed by atoms with Crippen LogP contribution in [0.2, 0.25) is 0 Å². The molecule has 0 atom stereocenters. The van der Waals surface area contributed by atoms with E-state index < -0.39 is 0 Å². The molecule has 2 aromatic rings. The van der Waals surface area contributed by atoms with Gasteiger partial charge >= 0.3 is 0 Å². The van der Waals surface area contributed by atoms with Crippen molar-refractivity contribution in [2.45, 2.75) is 34.1 Å². The number of anilines is 1. The molecule has 7 heteroatoms. The predicted molar refractivity (Wildman–Crippen MR) is 133 cm³/mol. The standard InChI is InChI=1S/C27H34N2O5/c1-5-32-17-7-16-29-26(30)24(20-8-12-23(13-9-20)34-18-19(3)4)25(27(29)31)28-21-10-14-22(15-11-21)33-6-2/h8-15,19,28H,5-7,16-18H2,1-4H3. The number of ether oxygens (including phenoxy) is 3. The first kappa shape index (κ1) is 25.3. The van der Waals surface area contributed by atoms with Crippen LogP contribution in [0.15, 0.2) is 54.2 Å². The van der Waals surface area contributed by atoms with Gasteiger partial charge in [0.05, 0.1) is 18.8 Å². The third kappa shape index (κ3) is 6.38. The second-order valence-electron chi connectivity index (χ2n) is 8.37. The fourth-order valence-electron chi connectivity index (χ4n) is 3.56. The molecule has 34 heavy (non-hydrogen) atoms. The van der Waals surface area contributed by atoms with Crippen molar-refractivity contribution < 1.29 is 23.8 Å². The molecule has 1 N–H and O–H groups in total. The number of imide groups is 1. The average Bonchev–Trinajstić information content (AvgIpc) is 3.06. The van der Waals surface area contributed by atoms with Gasteiger partial charge in [-0.3, -0.25) is 14.5 Å². The van der Waals surface area contributed by atoms with Crippen molar-refractivity contribution in [2.24, 2.45) is 5.92 Å². The highest BCUT2D eigenvalue weighted by atomic mass is 16.5. The van der Waals surface area contributed by atoms with Crippen molar-refractivity contribution in [1.29, 1.82) is 0 Å². The lowest BCUT2D eigenvalue weighted by atomic mass is 10.0. The molecule has 0 saturated carbocycles. The third-order valence-corrected chi connectivity index (χ3v) is 5.20. The zero-order chi connectivity index (χ0) is 24.5. The first-order chi connectivity index (χ1) is 16.4. The molecule has 0 fully saturated rings. The Morgan fingerprint density at radius 1 is 0.853 bits per heavy atom. The third-order valence-electron chi connectivity index (χ3n) is 5.20. The summed E-state index contributed by atoms with van der Waals surface area (Å²) in [7, 11) is 0. The summed E-state index contributed by atoms with van der Waals surface area (Å²) in [6.45, 7) is 10.6. The van der Waals surface area contributed by atoms with Gasteiger partial charge in [-0.05, 0) is 68.1 Å². The minimum atomic E-state index is -0.342. The van der Waals surface area contributed by atoms with E-state index in [1.54, 1.807) is 0 Å². The Hall–Kier alpha value is -3.32. The summed E-state index contributed by atoms with van der Waals surface area (Å²) in [6, 6.07) is 14.6. The fraction of sp³-hybridized carbons (Fsp3) is 0.407. The number of carbonyl (C=O) groups is 2. The van der Waals surface area contributed by atoms with Gasteiger partial charge in [0, 0.05) is 25.4 Å². The van der Waals surface area contributed by atoms with Crippen LogP contribution in [-0.4, -0.2) is 49.7 Å². The Morgan fingerprint density at radius 3 is 2.12 bits per heavy atom. The van der Waals surface area contributed by atoms with Crippen molar-refractivity contribution in [3.8, 4) is 11.5 Å². The van der Waals surface area contributed by atoms with Crippen molar-refractivity contribution in [3.63, 3.8) is 0 Å². The van der Waals surface area contributed by atoms with Crippen LogP contribution in [0.25, 0.3) is 5.57 Å². The Bertz CT molecular complexity index is 997. The normalized spacial score (nSPS) is 13.7. The van der Waals surface area contributed by atoms with Crippen LogP contribution in [0, 0.1) is 5.92 Å². The summed E-state index contributed by atoms with van der Waals surface area (Å²) >= 11 is 0. The van der Waals surface area contributed by atoms with E-state index in [2.05, 4.69) is 19.2 Å². The summed E-state index contributed by atoms with van der Waals surface area (Å²) in [5, 5.41) is 3.17. The molecule has 0 aromatic heterocycles. The van der Waals surface area contributed by atoms with Gasteiger partial charge in [0.25, 0.3) is 11.8 Å². The second-order valence-corrected chi connectivity index (χ2v) is 8.37. The van der Waals surface area contributed by atoms with E-state index in [4.69, 9.17) is 14.2 Å². The minimum absolute atomic E-state index is 0.265. The topological polar surface area (TPSA) is 77.1 Å². The average molecular weight is 467 g/mol. The molecule has 0 aliphatic carbocycles. The number of rotatable bonds is 13. The number of benzene rings is 2. The number of hydrogen-bond acceptors (Lipinski definition) is 6. The molecule has 0 unspecified atom stereocenters. The first-order valence-electron chi connectivity index (χ1n) is 11.9. The zero-order valence-corrected chi connectivity index (χ0v) is 20.4. The molecule has 1 heterocycles. The largest absolute Gasteiger partial charge is 0.494 e. The molecule has 7 nitrogen and oxygen atoms in total. The molecule has 0 bridgehead atoms. The lowest BCUT2D eigenvalue weighted by molar-refractivity contribution is -0.137. The molecular weight excluding hydrogens is 432 g/mol. The van der Waals surface area contributed by atoms with Crippen LogP contribution >= 0.6 is 0 Å². The van der Waals surface area contributed by atoms with Gasteiger partial charge in [-0.2, -0.15) is 0 Å². The Kier molecular flexibility index (Phi) is 9.10. The van der Waals surface area contributed by atoms with E-state index >= 15 is 0 Å². The first-order valence-corrected chi connectivity index (χ1v) is 11.9. The maximum atomic E-state index is 13.3. The van der Waals surface area contributed by atoms with Crippen molar-refractivity contribution in [1.82, 2.24) is 4.90 Å². The van der Waals surface area contributed by atoms with Crippen molar-refractivity contribution in [3.05, 3.63) is 59.8 Å². The number of amides is 2. The summed E-state index contributed by atoms with van der Waals surface area (Å²) in [6.07, 6.45) is 0.580. The van der Waals surface area contributed by atoms with Gasteiger partial charge in [0.1, 0.15) is 17.2 Å². The van der Waals surface area contributed by atoms with Crippen LogP contribution in [0.1, 0.15) is 39.7 Å². The molecule has 1 aliphatic rings. The molecule has 3 rings (SSSR count). The van der Waals surface area contributed by atoms with Crippen LogP contribution in [0.4, 0.5) is 5.69 Å². The summed E-state index contributed by atoms with van der Waals surface area (Å²) in [5.74, 6) is 1.22. The van der Waals surface area contributed by atoms with Crippen molar-refractivity contribution in [2.75, 3.05) is 38.3 Å². The van der Waals surface area contributed by atoms with Crippen molar-refractivity contribution >= 4 is 23.1 Å². The van der Waals surface area contributed by atoms with E-state index in [-0.39, 0.29) is 17.5 Å². The maximum Gasteiger partial charge on any atom is 0.278 e. The molecule has 1 aliphatic heterocycles. The number of nitrogens with one attached hydrogen (secondary N) is 1. The van der Waals surface area contributed by atoms with Gasteiger partial charge in [-0.15, -0.1) is 0 Å². The number of nitrogens with zero attached hydrogens (tertiary/aromatic N) is 1. The molecule has 0 saturated heterocycles. The van der Waals surface area contributed by atoms with Crippen LogP contribution in [0.5, 0.6) is 11.5 Å². The van der Waals surface area contributed by atoms with E-state index in [0.29, 0.717) is 62.1 Å². The monoisotopic (exact) mass is 466 g/mol. The highest BCUT2D eigenvalue weighted by Crippen LogP contribution is 2.32. The summed E-state index contributed by atoms with van der Waals surface area (Å²) in [5.41, 5.74) is 1.98. The minimum Gasteiger partial charge on any atom is -0.494 e. The van der Waals surface area contributed by atoms with E-state index in [0.717, 1.165) is 11.5 Å². The zero-order valence-electron chi connectivity index (χ0n) is 20.4. The highest BCUT2D eigenvalue weighted by Gasteiger charge is 2.38. The quantitative estimate of drug-likeness (QED) is 0.339. The summed E-state index contributed by atoms with van der Waals surface area (Å²) < 4.78 is 16.6. The maximum absolute atomic E-state index is 13.3. The molecular formula is C27H34N2O5. The van der Waals surface area contributed by atoms with Gasteiger partial charge in [-0.1, -0.05) is 26.0 Å². The van der Waals surface area contributed by atoms with E-state index in [9.17, 15) is 9.59 Å². The second kappa shape index (κ2) is 12.2. The SMILES string of the molecule is CCOCCCN1C(=O)C(Nc2ccc(OCC)cc2)=C(c2ccc(OCC(C)C)cc2)C1=O. The van der Waals surface area contributed by atoms with Crippen LogP contribution < -0.4 is 14.8 Å². The van der Waals surface area contributed by atoms with Crippen LogP contribution in [0.3, 0.4) is 0 Å². The molecule has 0 radical (unpaired) electrons. The Balaban J connectivity index is 1.87. The lowest BCUT2D eigenvalue weighted by Crippen LogP contribution is -2.34. The smallest absolute Gasteiger partial charge is 0.278 e. The van der Waals surface area contributed by atoms with Gasteiger partial charge in [-0.25, -0.2) is 0 Å². The highest BCUT2D eigenvalue weighted by molar-refractivity contribution is 6.36. The van der Waals surface area contributed by atoms with Gasteiger partial charge in [0.15, 0.2) is 0 Å². The molecule has 2 aromatic carbocycles. The lowest BCUT2D eigenvalue weighted by Gasteiger charge is -2.15. The van der Waals surface area contributed by atoms with Gasteiger partial charge < -0.3 is 19.5 Å². The van der Waals surface area contributed by atoms with E-state index in [1.807, 2.05) is 62.4 Å². The molecule has 182 valence electrons. The predicted octanol–water partition coefficient (Wildman–Crippen LogP) is 4.74. The van der Waals surface area contributed by atoms with Gasteiger partial charge in [0.2, 0.25) is 0 Å². The molecule has 0 spiro atoms.